The fraction of sp³-hybridized carbons (Fsp3) is 0.0400. The van der Waals surface area contributed by atoms with Gasteiger partial charge in [0.1, 0.15) is 23.7 Å². The number of nitrogens with one attached hydrogen (secondary N) is 1. The van der Waals surface area contributed by atoms with Crippen LogP contribution in [0.4, 0.5) is 10.8 Å². The number of thiazole rings is 1. The Morgan fingerprint density at radius 2 is 1.76 bits per heavy atom. The minimum absolute atomic E-state index is 0.467. The van der Waals surface area contributed by atoms with Gasteiger partial charge in [0.05, 0.1) is 10.0 Å². The molecule has 0 aliphatic rings. The second kappa shape index (κ2) is 9.67. The highest BCUT2D eigenvalue weighted by molar-refractivity contribution is 7.14. The van der Waals surface area contributed by atoms with Crippen LogP contribution in [0.5, 0.6) is 5.75 Å². The molecule has 8 heteroatoms. The predicted octanol–water partition coefficient (Wildman–Crippen LogP) is 8.09. The topological polar surface area (TPSA) is 60.2 Å². The highest BCUT2D eigenvalue weighted by atomic mass is 35.5. The molecule has 0 saturated carbocycles. The lowest BCUT2D eigenvalue weighted by Gasteiger charge is -2.08. The molecule has 0 bridgehead atoms. The Labute approximate surface area is 204 Å². The molecule has 0 atom stereocenters. The maximum absolute atomic E-state index is 6.11. The van der Waals surface area contributed by atoms with Crippen LogP contribution in [0.15, 0.2) is 88.8 Å². The zero-order valence-electron chi connectivity index (χ0n) is 17.2. The molecule has 5 nitrogen and oxygen atoms in total. The van der Waals surface area contributed by atoms with Gasteiger partial charge in [0.15, 0.2) is 10.9 Å². The minimum Gasteiger partial charge on any atom is -0.489 e. The monoisotopic (exact) mass is 493 g/mol. The third-order valence-corrected chi connectivity index (χ3v) is 6.31. The zero-order chi connectivity index (χ0) is 22.6. The van der Waals surface area contributed by atoms with Crippen LogP contribution in [0.2, 0.25) is 10.0 Å². The Balaban J connectivity index is 1.27. The first-order chi connectivity index (χ1) is 16.1. The van der Waals surface area contributed by atoms with Gasteiger partial charge in [-0.25, -0.2) is 4.98 Å². The molecule has 164 valence electrons. The molecule has 3 aromatic carbocycles. The molecule has 0 unspecified atom stereocenters. The minimum atomic E-state index is 0.467. The van der Waals surface area contributed by atoms with E-state index in [0.29, 0.717) is 33.8 Å². The zero-order valence-corrected chi connectivity index (χ0v) is 19.5. The highest BCUT2D eigenvalue weighted by Crippen LogP contribution is 2.32. The van der Waals surface area contributed by atoms with Gasteiger partial charge in [-0.15, -0.1) is 11.3 Å². The average Bonchev–Trinajstić information content (AvgIpc) is 3.50. The normalized spacial score (nSPS) is 10.8. The van der Waals surface area contributed by atoms with Crippen molar-refractivity contribution in [1.82, 2.24) is 10.1 Å². The largest absolute Gasteiger partial charge is 0.489 e. The van der Waals surface area contributed by atoms with E-state index in [1.54, 1.807) is 12.1 Å². The summed E-state index contributed by atoms with van der Waals surface area (Å²) < 4.78 is 11.4. The van der Waals surface area contributed by atoms with Crippen molar-refractivity contribution in [2.45, 2.75) is 6.61 Å². The van der Waals surface area contributed by atoms with Crippen LogP contribution >= 0.6 is 34.5 Å². The molecule has 0 aliphatic heterocycles. The summed E-state index contributed by atoms with van der Waals surface area (Å²) in [7, 11) is 0. The van der Waals surface area contributed by atoms with Crippen LogP contribution in [-0.2, 0) is 6.61 Å². The fourth-order valence-electron chi connectivity index (χ4n) is 3.16. The molecule has 0 amide bonds. The van der Waals surface area contributed by atoms with Crippen molar-refractivity contribution in [3.63, 3.8) is 0 Å². The second-order valence-corrected chi connectivity index (χ2v) is 8.84. The molecule has 0 saturated heterocycles. The van der Waals surface area contributed by atoms with Gasteiger partial charge in [-0.1, -0.05) is 70.8 Å². The Morgan fingerprint density at radius 1 is 0.879 bits per heavy atom. The van der Waals surface area contributed by atoms with Gasteiger partial charge in [0.2, 0.25) is 0 Å². The summed E-state index contributed by atoms with van der Waals surface area (Å²) in [6.45, 7) is 0.512. The van der Waals surface area contributed by atoms with Gasteiger partial charge >= 0.3 is 0 Å². The van der Waals surface area contributed by atoms with Crippen LogP contribution in [-0.4, -0.2) is 10.1 Å². The Hall–Kier alpha value is -3.32. The molecule has 0 fully saturated rings. The molecule has 5 rings (SSSR count). The van der Waals surface area contributed by atoms with Crippen LogP contribution in [0, 0.1) is 0 Å². The molecule has 1 N–H and O–H groups in total. The first-order valence-electron chi connectivity index (χ1n) is 10.1. The molecular weight excluding hydrogens is 477 g/mol. The molecule has 2 aromatic heterocycles. The van der Waals surface area contributed by atoms with E-state index in [2.05, 4.69) is 15.5 Å². The van der Waals surface area contributed by atoms with E-state index in [9.17, 15) is 0 Å². The van der Waals surface area contributed by atoms with Crippen molar-refractivity contribution < 1.29 is 9.26 Å². The maximum Gasteiger partial charge on any atom is 0.187 e. The molecule has 0 aliphatic carbocycles. The molecule has 2 heterocycles. The lowest BCUT2D eigenvalue weighted by molar-refractivity contribution is 0.306. The molecule has 33 heavy (non-hydrogen) atoms. The highest BCUT2D eigenvalue weighted by Gasteiger charge is 2.13. The molecule has 0 radical (unpaired) electrons. The smallest absolute Gasteiger partial charge is 0.187 e. The second-order valence-electron chi connectivity index (χ2n) is 7.17. The van der Waals surface area contributed by atoms with E-state index >= 15 is 0 Å². The van der Waals surface area contributed by atoms with Crippen molar-refractivity contribution in [3.8, 4) is 28.5 Å². The molecule has 0 spiro atoms. The van der Waals surface area contributed by atoms with E-state index in [-0.39, 0.29) is 0 Å². The average molecular weight is 494 g/mol. The maximum atomic E-state index is 6.11. The third-order valence-electron chi connectivity index (χ3n) is 4.82. The Kier molecular flexibility index (Phi) is 6.30. The van der Waals surface area contributed by atoms with Gasteiger partial charge in [-0.05, 0) is 29.8 Å². The van der Waals surface area contributed by atoms with Gasteiger partial charge in [0.25, 0.3) is 0 Å². The van der Waals surface area contributed by atoms with Crippen molar-refractivity contribution in [2.24, 2.45) is 0 Å². The Morgan fingerprint density at radius 3 is 2.61 bits per heavy atom. The molecule has 5 aromatic rings. The quantitative estimate of drug-likeness (QED) is 0.248. The number of hydrogen-bond acceptors (Lipinski definition) is 6. The van der Waals surface area contributed by atoms with E-state index in [4.69, 9.17) is 32.5 Å². The van der Waals surface area contributed by atoms with Gasteiger partial charge in [0, 0.05) is 28.8 Å². The standard InChI is InChI=1S/C25H17Cl2N3O2S/c26-20-10-9-17(11-21(20)27)22-13-24(32-30-22)23-15-33-25(29-23)28-18-7-4-8-19(12-18)31-14-16-5-2-1-3-6-16/h1-13,15H,14H2,(H,28,29). The third kappa shape index (κ3) is 5.20. The van der Waals surface area contributed by atoms with Crippen LogP contribution in [0.3, 0.4) is 0 Å². The lowest BCUT2D eigenvalue weighted by Crippen LogP contribution is -1.96. The van der Waals surface area contributed by atoms with Crippen molar-refractivity contribution in [2.75, 3.05) is 5.32 Å². The lowest BCUT2D eigenvalue weighted by atomic mass is 10.1. The van der Waals surface area contributed by atoms with Crippen LogP contribution < -0.4 is 10.1 Å². The SMILES string of the molecule is Clc1ccc(-c2cc(-c3csc(Nc4cccc(OCc5ccccc5)c4)n3)on2)cc1Cl. The summed E-state index contributed by atoms with van der Waals surface area (Å²) in [6, 6.07) is 25.0. The summed E-state index contributed by atoms with van der Waals surface area (Å²) in [5.41, 5.74) is 4.18. The van der Waals surface area contributed by atoms with Crippen molar-refractivity contribution in [1.29, 1.82) is 0 Å². The number of benzene rings is 3. The number of rotatable bonds is 7. The summed E-state index contributed by atoms with van der Waals surface area (Å²) in [6.07, 6.45) is 0. The summed E-state index contributed by atoms with van der Waals surface area (Å²) in [5, 5.41) is 11.1. The number of aromatic nitrogens is 2. The number of ether oxygens (including phenoxy) is 1. The Bertz CT molecular complexity index is 1390. The van der Waals surface area contributed by atoms with E-state index in [0.717, 1.165) is 27.7 Å². The summed E-state index contributed by atoms with van der Waals surface area (Å²) in [4.78, 5) is 4.62. The first-order valence-corrected chi connectivity index (χ1v) is 11.7. The van der Waals surface area contributed by atoms with Gasteiger partial charge in [-0.3, -0.25) is 0 Å². The predicted molar refractivity (Wildman–Crippen MR) is 134 cm³/mol. The number of halogens is 2. The number of hydrogen-bond donors (Lipinski definition) is 1. The van der Waals surface area contributed by atoms with E-state index in [1.165, 1.54) is 11.3 Å². The van der Waals surface area contributed by atoms with E-state index in [1.807, 2.05) is 72.1 Å². The van der Waals surface area contributed by atoms with Crippen molar-refractivity contribution >= 4 is 45.4 Å². The first kappa shape index (κ1) is 21.5. The molecular formula is C25H17Cl2N3O2S. The number of anilines is 2. The van der Waals surface area contributed by atoms with Gasteiger partial charge in [-0.2, -0.15) is 0 Å². The van der Waals surface area contributed by atoms with Crippen LogP contribution in [0.25, 0.3) is 22.7 Å². The summed E-state index contributed by atoms with van der Waals surface area (Å²) in [5.74, 6) is 1.35. The van der Waals surface area contributed by atoms with E-state index < -0.39 is 0 Å². The fourth-order valence-corrected chi connectivity index (χ4v) is 4.18. The van der Waals surface area contributed by atoms with Gasteiger partial charge < -0.3 is 14.6 Å². The number of nitrogens with zero attached hydrogens (tertiary/aromatic N) is 2. The summed E-state index contributed by atoms with van der Waals surface area (Å²) >= 11 is 13.6. The van der Waals surface area contributed by atoms with Crippen molar-refractivity contribution in [3.05, 3.63) is 99.9 Å². The van der Waals surface area contributed by atoms with Crippen LogP contribution in [0.1, 0.15) is 5.56 Å².